The van der Waals surface area contributed by atoms with Crippen LogP contribution >= 0.6 is 0 Å². The zero-order chi connectivity index (χ0) is 13.3. The molecule has 2 aliphatic rings. The number of hydrogen-bond acceptors (Lipinski definition) is 3. The molecule has 5 nitrogen and oxygen atoms in total. The standard InChI is InChI=1S/C13H19NO4/c1-8-6-11(15)14(12(16)7-8)10-5-3-2-4-9(10)13(17)18/h8-10H,2-7H2,1H3,(H,17,18). The van der Waals surface area contributed by atoms with Gasteiger partial charge in [0.15, 0.2) is 0 Å². The smallest absolute Gasteiger partial charge is 0.308 e. The van der Waals surface area contributed by atoms with Crippen LogP contribution in [0, 0.1) is 11.8 Å². The summed E-state index contributed by atoms with van der Waals surface area (Å²) in [6, 6.07) is -0.427. The molecule has 5 heteroatoms. The molecule has 2 fully saturated rings. The molecule has 1 heterocycles. The minimum Gasteiger partial charge on any atom is -0.481 e. The Morgan fingerprint density at radius 2 is 1.72 bits per heavy atom. The van der Waals surface area contributed by atoms with Gasteiger partial charge in [0.1, 0.15) is 0 Å². The van der Waals surface area contributed by atoms with E-state index in [0.717, 1.165) is 12.8 Å². The number of rotatable bonds is 2. The third-order valence-electron chi connectivity index (χ3n) is 3.96. The summed E-state index contributed by atoms with van der Waals surface area (Å²) in [5.41, 5.74) is 0. The molecule has 0 aromatic heterocycles. The minimum atomic E-state index is -0.890. The van der Waals surface area contributed by atoms with Crippen molar-refractivity contribution in [2.45, 2.75) is 51.5 Å². The maximum atomic E-state index is 12.0. The highest BCUT2D eigenvalue weighted by molar-refractivity contribution is 5.98. The first-order chi connectivity index (χ1) is 8.50. The molecule has 100 valence electrons. The first kappa shape index (κ1) is 13.1. The van der Waals surface area contributed by atoms with Crippen LogP contribution in [0.25, 0.3) is 0 Å². The molecular weight excluding hydrogens is 234 g/mol. The molecule has 1 saturated carbocycles. The third-order valence-corrected chi connectivity index (χ3v) is 3.96. The lowest BCUT2D eigenvalue weighted by Crippen LogP contribution is -2.53. The quantitative estimate of drug-likeness (QED) is 0.755. The molecule has 2 atom stereocenters. The normalized spacial score (nSPS) is 30.6. The van der Waals surface area contributed by atoms with E-state index >= 15 is 0 Å². The largest absolute Gasteiger partial charge is 0.481 e. The van der Waals surface area contributed by atoms with Crippen molar-refractivity contribution in [3.63, 3.8) is 0 Å². The van der Waals surface area contributed by atoms with E-state index in [1.165, 1.54) is 4.90 Å². The Hall–Kier alpha value is -1.39. The second kappa shape index (κ2) is 5.08. The lowest BCUT2D eigenvalue weighted by atomic mass is 9.82. The van der Waals surface area contributed by atoms with Crippen molar-refractivity contribution >= 4 is 17.8 Å². The summed E-state index contributed by atoms with van der Waals surface area (Å²) < 4.78 is 0. The van der Waals surface area contributed by atoms with E-state index in [1.54, 1.807) is 0 Å². The van der Waals surface area contributed by atoms with Crippen molar-refractivity contribution in [3.05, 3.63) is 0 Å². The molecule has 18 heavy (non-hydrogen) atoms. The molecule has 0 radical (unpaired) electrons. The predicted molar refractivity (Wildman–Crippen MR) is 63.6 cm³/mol. The zero-order valence-corrected chi connectivity index (χ0v) is 10.6. The van der Waals surface area contributed by atoms with Gasteiger partial charge in [-0.1, -0.05) is 19.8 Å². The number of carboxylic acid groups (broad SMARTS) is 1. The molecule has 1 N–H and O–H groups in total. The van der Waals surface area contributed by atoms with Crippen LogP contribution in [0.4, 0.5) is 0 Å². The number of imide groups is 1. The van der Waals surface area contributed by atoms with Crippen LogP contribution in [-0.4, -0.2) is 33.8 Å². The van der Waals surface area contributed by atoms with Crippen molar-refractivity contribution in [1.82, 2.24) is 4.90 Å². The SMILES string of the molecule is CC1CC(=O)N(C2CCCCC2C(=O)O)C(=O)C1. The number of likely N-dealkylation sites (tertiary alicyclic amines) is 1. The number of hydrogen-bond donors (Lipinski definition) is 1. The molecule has 0 bridgehead atoms. The molecule has 1 aliphatic carbocycles. The average Bonchev–Trinajstić information content (AvgIpc) is 2.28. The van der Waals surface area contributed by atoms with Gasteiger partial charge in [-0.15, -0.1) is 0 Å². The summed E-state index contributed by atoms with van der Waals surface area (Å²) in [4.78, 5) is 36.5. The van der Waals surface area contributed by atoms with Crippen molar-refractivity contribution in [2.75, 3.05) is 0 Å². The molecule has 0 aromatic carbocycles. The van der Waals surface area contributed by atoms with Gasteiger partial charge in [-0.05, 0) is 18.8 Å². The van der Waals surface area contributed by atoms with Crippen LogP contribution in [0.5, 0.6) is 0 Å². The van der Waals surface area contributed by atoms with E-state index in [2.05, 4.69) is 0 Å². The number of aliphatic carboxylic acids is 1. The van der Waals surface area contributed by atoms with E-state index in [-0.39, 0.29) is 17.7 Å². The van der Waals surface area contributed by atoms with Gasteiger partial charge in [-0.2, -0.15) is 0 Å². The Bertz CT molecular complexity index is 361. The molecule has 0 aromatic rings. The number of amides is 2. The number of carbonyl (C=O) groups excluding carboxylic acids is 2. The highest BCUT2D eigenvalue weighted by Crippen LogP contribution is 2.32. The van der Waals surface area contributed by atoms with E-state index in [1.807, 2.05) is 6.92 Å². The van der Waals surface area contributed by atoms with Crippen molar-refractivity contribution in [2.24, 2.45) is 11.8 Å². The molecule has 1 saturated heterocycles. The van der Waals surface area contributed by atoms with Crippen LogP contribution in [0.2, 0.25) is 0 Å². The topological polar surface area (TPSA) is 74.7 Å². The van der Waals surface area contributed by atoms with Gasteiger partial charge < -0.3 is 5.11 Å². The molecule has 1 aliphatic heterocycles. The fraction of sp³-hybridized carbons (Fsp3) is 0.769. The second-order valence-corrected chi connectivity index (χ2v) is 5.47. The monoisotopic (exact) mass is 253 g/mol. The average molecular weight is 253 g/mol. The summed E-state index contributed by atoms with van der Waals surface area (Å²) in [7, 11) is 0. The first-order valence-electron chi connectivity index (χ1n) is 6.58. The summed E-state index contributed by atoms with van der Waals surface area (Å²) in [5.74, 6) is -1.79. The van der Waals surface area contributed by atoms with E-state index in [4.69, 9.17) is 0 Å². The molecule has 0 spiro atoms. The summed E-state index contributed by atoms with van der Waals surface area (Å²) in [6.07, 6.45) is 3.65. The molecule has 2 unspecified atom stereocenters. The van der Waals surface area contributed by atoms with Gasteiger partial charge in [0.25, 0.3) is 0 Å². The Morgan fingerprint density at radius 3 is 2.28 bits per heavy atom. The van der Waals surface area contributed by atoms with E-state index in [9.17, 15) is 19.5 Å². The Balaban J connectivity index is 2.19. The Kier molecular flexibility index (Phi) is 3.68. The zero-order valence-electron chi connectivity index (χ0n) is 10.6. The fourth-order valence-corrected chi connectivity index (χ4v) is 3.08. The summed E-state index contributed by atoms with van der Waals surface area (Å²) in [6.45, 7) is 1.88. The summed E-state index contributed by atoms with van der Waals surface area (Å²) >= 11 is 0. The highest BCUT2D eigenvalue weighted by atomic mass is 16.4. The van der Waals surface area contributed by atoms with E-state index in [0.29, 0.717) is 25.7 Å². The van der Waals surface area contributed by atoms with E-state index < -0.39 is 17.9 Å². The third kappa shape index (κ3) is 2.40. The van der Waals surface area contributed by atoms with Gasteiger partial charge in [0, 0.05) is 12.8 Å². The number of piperidine rings is 1. The van der Waals surface area contributed by atoms with Gasteiger partial charge in [0.05, 0.1) is 12.0 Å². The van der Waals surface area contributed by atoms with Gasteiger partial charge >= 0.3 is 5.97 Å². The molecular formula is C13H19NO4. The molecule has 2 rings (SSSR count). The minimum absolute atomic E-state index is 0.0770. The van der Waals surface area contributed by atoms with Crippen LogP contribution in [0.1, 0.15) is 45.4 Å². The van der Waals surface area contributed by atoms with Crippen molar-refractivity contribution in [1.29, 1.82) is 0 Å². The maximum Gasteiger partial charge on any atom is 0.308 e. The van der Waals surface area contributed by atoms with Crippen LogP contribution in [0.3, 0.4) is 0 Å². The Labute approximate surface area is 106 Å². The summed E-state index contributed by atoms with van der Waals surface area (Å²) in [5, 5.41) is 9.21. The van der Waals surface area contributed by atoms with Crippen molar-refractivity contribution in [3.8, 4) is 0 Å². The van der Waals surface area contributed by atoms with Crippen LogP contribution in [0.15, 0.2) is 0 Å². The lowest BCUT2D eigenvalue weighted by Gasteiger charge is -2.39. The molecule has 2 amide bonds. The van der Waals surface area contributed by atoms with Crippen molar-refractivity contribution < 1.29 is 19.5 Å². The second-order valence-electron chi connectivity index (χ2n) is 5.47. The highest BCUT2D eigenvalue weighted by Gasteiger charge is 2.42. The fourth-order valence-electron chi connectivity index (χ4n) is 3.08. The Morgan fingerprint density at radius 1 is 1.17 bits per heavy atom. The van der Waals surface area contributed by atoms with Gasteiger partial charge in [0.2, 0.25) is 11.8 Å². The van der Waals surface area contributed by atoms with Gasteiger partial charge in [-0.25, -0.2) is 0 Å². The van der Waals surface area contributed by atoms with Gasteiger partial charge in [-0.3, -0.25) is 19.3 Å². The maximum absolute atomic E-state index is 12.0. The van der Waals surface area contributed by atoms with Crippen LogP contribution in [-0.2, 0) is 14.4 Å². The predicted octanol–water partition coefficient (Wildman–Crippen LogP) is 1.41. The number of carboxylic acids is 1. The lowest BCUT2D eigenvalue weighted by molar-refractivity contribution is -0.158. The number of nitrogens with zero attached hydrogens (tertiary/aromatic N) is 1. The number of carbonyl (C=O) groups is 3. The first-order valence-corrected chi connectivity index (χ1v) is 6.58. The van der Waals surface area contributed by atoms with Crippen LogP contribution < -0.4 is 0 Å².